The summed E-state index contributed by atoms with van der Waals surface area (Å²) in [5.41, 5.74) is 3.32. The van der Waals surface area contributed by atoms with E-state index in [0.717, 1.165) is 36.8 Å². The van der Waals surface area contributed by atoms with Gasteiger partial charge in [-0.2, -0.15) is 4.99 Å². The molecule has 1 aliphatic carbocycles. The number of allylic oxidation sites excluding steroid dienone is 1. The van der Waals surface area contributed by atoms with Crippen LogP contribution in [0.1, 0.15) is 37.6 Å². The molecule has 1 aliphatic heterocycles. The number of benzene rings is 1. The molecule has 0 spiro atoms. The van der Waals surface area contributed by atoms with Crippen molar-refractivity contribution < 1.29 is 9.47 Å². The van der Waals surface area contributed by atoms with Gasteiger partial charge in [-0.1, -0.05) is 18.6 Å². The molecule has 148 valence electrons. The van der Waals surface area contributed by atoms with Crippen molar-refractivity contribution in [2.75, 3.05) is 13.7 Å². The number of methoxy groups -OCH3 is 1. The third-order valence-electron chi connectivity index (χ3n) is 5.59. The smallest absolute Gasteiger partial charge is 0.215 e. The van der Waals surface area contributed by atoms with Crippen molar-refractivity contribution in [3.8, 4) is 0 Å². The Morgan fingerprint density at radius 1 is 1.39 bits per heavy atom. The van der Waals surface area contributed by atoms with Gasteiger partial charge in [0.05, 0.1) is 24.8 Å². The number of hydrogen-bond acceptors (Lipinski definition) is 5. The van der Waals surface area contributed by atoms with E-state index in [1.165, 1.54) is 30.6 Å². The quantitative estimate of drug-likeness (QED) is 0.432. The summed E-state index contributed by atoms with van der Waals surface area (Å²) < 4.78 is 13.3. The molecule has 0 bridgehead atoms. The average molecular weight is 380 g/mol. The van der Waals surface area contributed by atoms with Gasteiger partial charge in [0, 0.05) is 19.0 Å². The van der Waals surface area contributed by atoms with Crippen molar-refractivity contribution in [2.24, 2.45) is 4.99 Å². The van der Waals surface area contributed by atoms with Crippen LogP contribution >= 0.6 is 0 Å². The summed E-state index contributed by atoms with van der Waals surface area (Å²) in [6.45, 7) is 8.25. The molecule has 0 N–H and O–H groups in total. The van der Waals surface area contributed by atoms with Crippen molar-refractivity contribution in [2.45, 2.75) is 51.9 Å². The van der Waals surface area contributed by atoms with Crippen LogP contribution in [0.4, 0.5) is 0 Å². The van der Waals surface area contributed by atoms with Crippen molar-refractivity contribution in [1.29, 1.82) is 0 Å². The molecular weight excluding hydrogens is 352 g/mol. The molecule has 1 aromatic heterocycles. The molecule has 1 fully saturated rings. The van der Waals surface area contributed by atoms with Crippen LogP contribution in [-0.4, -0.2) is 40.0 Å². The summed E-state index contributed by atoms with van der Waals surface area (Å²) >= 11 is 0. The van der Waals surface area contributed by atoms with Gasteiger partial charge in [-0.05, 0) is 50.1 Å². The SMILES string of the molecule is C=C(/N=C(\C=C/C)OC)OCc1ccc2nc3n(c2c1)CN(C1CCC1)CC3. The first kappa shape index (κ1) is 18.7. The first-order valence-corrected chi connectivity index (χ1v) is 9.97. The number of rotatable bonds is 6. The minimum absolute atomic E-state index is 0.335. The highest BCUT2D eigenvalue weighted by molar-refractivity contribution is 5.88. The maximum absolute atomic E-state index is 5.73. The molecule has 6 heteroatoms. The fourth-order valence-corrected chi connectivity index (χ4v) is 3.82. The Morgan fingerprint density at radius 3 is 2.96 bits per heavy atom. The highest BCUT2D eigenvalue weighted by Crippen LogP contribution is 2.29. The van der Waals surface area contributed by atoms with E-state index in [9.17, 15) is 0 Å². The molecular formula is C22H28N4O2. The first-order valence-electron chi connectivity index (χ1n) is 9.97. The van der Waals surface area contributed by atoms with E-state index < -0.39 is 0 Å². The number of nitrogens with zero attached hydrogens (tertiary/aromatic N) is 4. The van der Waals surface area contributed by atoms with Gasteiger partial charge in [0.2, 0.25) is 11.8 Å². The summed E-state index contributed by atoms with van der Waals surface area (Å²) in [6, 6.07) is 7.08. The van der Waals surface area contributed by atoms with Gasteiger partial charge < -0.3 is 14.0 Å². The molecule has 0 amide bonds. The summed E-state index contributed by atoms with van der Waals surface area (Å²) in [6.07, 6.45) is 8.69. The Morgan fingerprint density at radius 2 is 2.25 bits per heavy atom. The third-order valence-corrected chi connectivity index (χ3v) is 5.59. The van der Waals surface area contributed by atoms with Crippen molar-refractivity contribution in [3.05, 3.63) is 54.2 Å². The van der Waals surface area contributed by atoms with Gasteiger partial charge in [0.25, 0.3) is 0 Å². The molecule has 2 aromatic rings. The molecule has 1 saturated carbocycles. The molecule has 28 heavy (non-hydrogen) atoms. The fraction of sp³-hybridized carbons (Fsp3) is 0.455. The molecule has 0 atom stereocenters. The largest absolute Gasteiger partial charge is 0.481 e. The van der Waals surface area contributed by atoms with Crippen LogP contribution in [0.25, 0.3) is 11.0 Å². The van der Waals surface area contributed by atoms with E-state index in [4.69, 9.17) is 14.5 Å². The van der Waals surface area contributed by atoms with Gasteiger partial charge in [-0.25, -0.2) is 4.98 Å². The van der Waals surface area contributed by atoms with Crippen molar-refractivity contribution >= 4 is 16.9 Å². The van der Waals surface area contributed by atoms with Gasteiger partial charge in [0.15, 0.2) is 0 Å². The second kappa shape index (κ2) is 8.19. The van der Waals surface area contributed by atoms with Gasteiger partial charge in [0.1, 0.15) is 12.4 Å². The van der Waals surface area contributed by atoms with E-state index >= 15 is 0 Å². The zero-order valence-corrected chi connectivity index (χ0v) is 16.7. The number of aliphatic imine (C=N–C) groups is 1. The molecule has 0 radical (unpaired) electrons. The van der Waals surface area contributed by atoms with Gasteiger partial charge in [-0.3, -0.25) is 4.90 Å². The van der Waals surface area contributed by atoms with Crippen molar-refractivity contribution in [1.82, 2.24) is 14.5 Å². The van der Waals surface area contributed by atoms with Crippen molar-refractivity contribution in [3.63, 3.8) is 0 Å². The van der Waals surface area contributed by atoms with Gasteiger partial charge in [-0.15, -0.1) is 0 Å². The zero-order chi connectivity index (χ0) is 19.5. The van der Waals surface area contributed by atoms with Crippen LogP contribution in [-0.2, 0) is 29.2 Å². The minimum atomic E-state index is 0.335. The van der Waals surface area contributed by atoms with Crippen LogP contribution < -0.4 is 0 Å². The molecule has 1 aromatic carbocycles. The summed E-state index contributed by atoms with van der Waals surface area (Å²) in [5, 5.41) is 0. The fourth-order valence-electron chi connectivity index (χ4n) is 3.82. The summed E-state index contributed by atoms with van der Waals surface area (Å²) in [4.78, 5) is 11.7. The Hall–Kier alpha value is -2.60. The Kier molecular flexibility index (Phi) is 5.48. The minimum Gasteiger partial charge on any atom is -0.481 e. The maximum Gasteiger partial charge on any atom is 0.215 e. The highest BCUT2D eigenvalue weighted by atomic mass is 16.5. The van der Waals surface area contributed by atoms with Crippen LogP contribution in [0.5, 0.6) is 0 Å². The molecule has 4 rings (SSSR count). The van der Waals surface area contributed by atoms with E-state index in [2.05, 4.69) is 39.2 Å². The van der Waals surface area contributed by atoms with E-state index in [1.807, 2.05) is 13.0 Å². The lowest BCUT2D eigenvalue weighted by molar-refractivity contribution is 0.0812. The lowest BCUT2D eigenvalue weighted by Crippen LogP contribution is -2.45. The Balaban J connectivity index is 1.48. The van der Waals surface area contributed by atoms with Crippen LogP contribution in [0, 0.1) is 0 Å². The molecule has 0 unspecified atom stereocenters. The Labute approximate surface area is 166 Å². The predicted octanol–water partition coefficient (Wildman–Crippen LogP) is 4.01. The average Bonchev–Trinajstić information content (AvgIpc) is 3.02. The number of fused-ring (bicyclic) bond motifs is 3. The Bertz CT molecular complexity index is 924. The molecule has 2 aliphatic rings. The van der Waals surface area contributed by atoms with E-state index in [1.54, 1.807) is 13.2 Å². The van der Waals surface area contributed by atoms with E-state index in [-0.39, 0.29) is 0 Å². The number of hydrogen-bond donors (Lipinski definition) is 0. The topological polar surface area (TPSA) is 51.9 Å². The normalized spacial score (nSPS) is 18.3. The lowest BCUT2D eigenvalue weighted by atomic mass is 9.91. The number of imidazole rings is 1. The lowest BCUT2D eigenvalue weighted by Gasteiger charge is -2.40. The second-order valence-corrected chi connectivity index (χ2v) is 7.40. The van der Waals surface area contributed by atoms with Crippen LogP contribution in [0.2, 0.25) is 0 Å². The van der Waals surface area contributed by atoms with Crippen LogP contribution in [0.3, 0.4) is 0 Å². The zero-order valence-electron chi connectivity index (χ0n) is 16.7. The third kappa shape index (κ3) is 3.83. The summed E-state index contributed by atoms with van der Waals surface area (Å²) in [7, 11) is 1.58. The highest BCUT2D eigenvalue weighted by Gasteiger charge is 2.29. The monoisotopic (exact) mass is 380 g/mol. The number of aromatic nitrogens is 2. The van der Waals surface area contributed by atoms with E-state index in [0.29, 0.717) is 18.4 Å². The standard InChI is InChI=1S/C22H28N4O2/c1-4-6-22(27-3)23-16(2)28-14-17-9-10-19-20(13-17)26-15-25(18-7-5-8-18)12-11-21(26)24-19/h4,6,9-10,13,18H,2,5,7-8,11-12,14-15H2,1,3H3/b6-4-,23-22+. The molecule has 2 heterocycles. The second-order valence-electron chi connectivity index (χ2n) is 7.40. The predicted molar refractivity (Wildman–Crippen MR) is 111 cm³/mol. The summed E-state index contributed by atoms with van der Waals surface area (Å²) in [5.74, 6) is 2.00. The van der Waals surface area contributed by atoms with Crippen LogP contribution in [0.15, 0.2) is 47.8 Å². The first-order chi connectivity index (χ1) is 13.7. The number of ether oxygens (including phenoxy) is 2. The van der Waals surface area contributed by atoms with Gasteiger partial charge >= 0.3 is 0 Å². The molecule has 0 saturated heterocycles. The molecule has 6 nitrogen and oxygen atoms in total. The maximum atomic E-state index is 5.73.